The van der Waals surface area contributed by atoms with Gasteiger partial charge in [0.05, 0.1) is 16.9 Å². The van der Waals surface area contributed by atoms with E-state index >= 15 is 0 Å². The topological polar surface area (TPSA) is 58.2 Å². The molecule has 0 aromatic heterocycles. The molecule has 0 unspecified atom stereocenters. The van der Waals surface area contributed by atoms with Gasteiger partial charge in [0, 0.05) is 11.3 Å². The molecule has 0 fully saturated rings. The fourth-order valence-corrected chi connectivity index (χ4v) is 3.07. The number of hydrogen-bond donors (Lipinski definition) is 2. The van der Waals surface area contributed by atoms with Crippen LogP contribution in [-0.2, 0) is 4.79 Å². The highest BCUT2D eigenvalue weighted by molar-refractivity contribution is 7.99. The minimum atomic E-state index is -0.177. The molecule has 2 aromatic carbocycles. The monoisotopic (exact) mass is 342 g/mol. The number of carbonyl (C=O) groups is 2. The van der Waals surface area contributed by atoms with E-state index in [9.17, 15) is 9.59 Å². The number of anilines is 2. The van der Waals surface area contributed by atoms with E-state index < -0.39 is 0 Å². The van der Waals surface area contributed by atoms with Crippen LogP contribution in [0.4, 0.5) is 11.4 Å². The van der Waals surface area contributed by atoms with Crippen LogP contribution < -0.4 is 10.6 Å². The van der Waals surface area contributed by atoms with E-state index in [0.29, 0.717) is 23.4 Å². The largest absolute Gasteiger partial charge is 0.324 e. The van der Waals surface area contributed by atoms with Crippen LogP contribution in [0, 0.1) is 0 Å². The lowest BCUT2D eigenvalue weighted by atomic mass is 10.2. The van der Waals surface area contributed by atoms with Crippen molar-refractivity contribution >= 4 is 35.0 Å². The molecule has 24 heavy (non-hydrogen) atoms. The smallest absolute Gasteiger partial charge is 0.256 e. The maximum atomic E-state index is 12.6. The Morgan fingerprint density at radius 2 is 1.54 bits per heavy atom. The second-order valence-corrected chi connectivity index (χ2v) is 6.53. The highest BCUT2D eigenvalue weighted by Gasteiger charge is 2.13. The van der Waals surface area contributed by atoms with E-state index in [2.05, 4.69) is 17.6 Å². The van der Waals surface area contributed by atoms with E-state index in [1.807, 2.05) is 43.3 Å². The summed E-state index contributed by atoms with van der Waals surface area (Å²) in [5.74, 6) is 0.665. The first-order valence-electron chi connectivity index (χ1n) is 8.07. The van der Waals surface area contributed by atoms with Gasteiger partial charge in [-0.3, -0.25) is 9.59 Å². The molecule has 2 rings (SSSR count). The van der Waals surface area contributed by atoms with Gasteiger partial charge in [-0.15, -0.1) is 11.8 Å². The fourth-order valence-electron chi connectivity index (χ4n) is 2.27. The molecule has 2 amide bonds. The van der Waals surface area contributed by atoms with Gasteiger partial charge in [-0.2, -0.15) is 0 Å². The molecule has 2 N–H and O–H groups in total. The molecule has 0 saturated carbocycles. The second-order valence-electron chi connectivity index (χ2n) is 5.23. The average molecular weight is 342 g/mol. The first-order chi connectivity index (χ1) is 11.7. The summed E-state index contributed by atoms with van der Waals surface area (Å²) in [6, 6.07) is 14.8. The molecule has 0 aliphatic heterocycles. The summed E-state index contributed by atoms with van der Waals surface area (Å²) in [5.41, 5.74) is 1.85. The highest BCUT2D eigenvalue weighted by Crippen LogP contribution is 2.26. The van der Waals surface area contributed by atoms with Crippen LogP contribution in [0.2, 0.25) is 0 Å². The molecule has 0 aliphatic carbocycles. The van der Waals surface area contributed by atoms with Gasteiger partial charge in [-0.1, -0.05) is 38.1 Å². The Balaban J connectivity index is 2.19. The van der Waals surface area contributed by atoms with Gasteiger partial charge in [-0.05, 0) is 36.4 Å². The van der Waals surface area contributed by atoms with Crippen molar-refractivity contribution in [1.82, 2.24) is 0 Å². The van der Waals surface area contributed by atoms with E-state index in [1.165, 1.54) is 0 Å². The molecular formula is C19H22N2O2S. The number of hydrogen-bond acceptors (Lipinski definition) is 3. The third kappa shape index (κ3) is 4.86. The molecule has 0 atom stereocenters. The summed E-state index contributed by atoms with van der Waals surface area (Å²) < 4.78 is 0. The number of para-hydroxylation sites is 2. The third-order valence-corrected chi connectivity index (χ3v) is 4.31. The Morgan fingerprint density at radius 1 is 0.917 bits per heavy atom. The number of carbonyl (C=O) groups excluding carboxylic acids is 2. The van der Waals surface area contributed by atoms with E-state index in [0.717, 1.165) is 17.1 Å². The molecule has 0 bridgehead atoms. The zero-order chi connectivity index (χ0) is 17.4. The minimum absolute atomic E-state index is 0.0545. The normalized spacial score (nSPS) is 10.2. The van der Waals surface area contributed by atoms with Gasteiger partial charge in [0.1, 0.15) is 0 Å². The van der Waals surface area contributed by atoms with Gasteiger partial charge >= 0.3 is 0 Å². The van der Waals surface area contributed by atoms with E-state index in [1.54, 1.807) is 23.9 Å². The third-order valence-electron chi connectivity index (χ3n) is 3.36. The second kappa shape index (κ2) is 9.13. The standard InChI is InChI=1S/C19H22N2O2S/c1-3-9-18(22)20-15-11-6-7-12-16(15)21-19(23)14-10-5-8-13-17(14)24-4-2/h5-8,10-13H,3-4,9H2,1-2H3,(H,20,22)(H,21,23). The molecule has 0 radical (unpaired) electrons. The van der Waals surface area contributed by atoms with Crippen molar-refractivity contribution in [3.05, 3.63) is 54.1 Å². The quantitative estimate of drug-likeness (QED) is 0.711. The Morgan fingerprint density at radius 3 is 2.21 bits per heavy atom. The summed E-state index contributed by atoms with van der Waals surface area (Å²) in [6.45, 7) is 4.01. The van der Waals surface area contributed by atoms with Crippen LogP contribution in [-0.4, -0.2) is 17.6 Å². The van der Waals surface area contributed by atoms with Gasteiger partial charge in [0.25, 0.3) is 5.91 Å². The fraction of sp³-hybridized carbons (Fsp3) is 0.263. The number of benzene rings is 2. The first-order valence-corrected chi connectivity index (χ1v) is 9.06. The Kier molecular flexibility index (Phi) is 6.88. The van der Waals surface area contributed by atoms with Gasteiger partial charge in [-0.25, -0.2) is 0 Å². The predicted octanol–water partition coefficient (Wildman–Crippen LogP) is 4.79. The zero-order valence-electron chi connectivity index (χ0n) is 14.0. The van der Waals surface area contributed by atoms with Crippen molar-refractivity contribution in [3.63, 3.8) is 0 Å². The summed E-state index contributed by atoms with van der Waals surface area (Å²) in [5, 5.41) is 5.76. The van der Waals surface area contributed by atoms with Crippen molar-refractivity contribution < 1.29 is 9.59 Å². The number of rotatable bonds is 7. The maximum Gasteiger partial charge on any atom is 0.256 e. The summed E-state index contributed by atoms with van der Waals surface area (Å²) >= 11 is 1.63. The predicted molar refractivity (Wildman–Crippen MR) is 101 cm³/mol. The van der Waals surface area contributed by atoms with Crippen molar-refractivity contribution in [3.8, 4) is 0 Å². The van der Waals surface area contributed by atoms with Crippen molar-refractivity contribution in [1.29, 1.82) is 0 Å². The summed E-state index contributed by atoms with van der Waals surface area (Å²) in [6.07, 6.45) is 1.24. The SMILES string of the molecule is CCCC(=O)Nc1ccccc1NC(=O)c1ccccc1SCC. The van der Waals surface area contributed by atoms with Crippen molar-refractivity contribution in [2.75, 3.05) is 16.4 Å². The van der Waals surface area contributed by atoms with E-state index in [4.69, 9.17) is 0 Å². The molecule has 126 valence electrons. The Hall–Kier alpha value is -2.27. The van der Waals surface area contributed by atoms with Crippen LogP contribution in [0.1, 0.15) is 37.0 Å². The van der Waals surface area contributed by atoms with Gasteiger partial charge < -0.3 is 10.6 Å². The lowest BCUT2D eigenvalue weighted by Crippen LogP contribution is -2.17. The molecule has 5 heteroatoms. The number of nitrogens with one attached hydrogen (secondary N) is 2. The molecule has 0 aliphatic rings. The molecular weight excluding hydrogens is 320 g/mol. The van der Waals surface area contributed by atoms with Crippen LogP contribution in [0.3, 0.4) is 0 Å². The zero-order valence-corrected chi connectivity index (χ0v) is 14.8. The maximum absolute atomic E-state index is 12.6. The first kappa shape index (κ1) is 18.1. The lowest BCUT2D eigenvalue weighted by Gasteiger charge is -2.13. The number of amides is 2. The molecule has 0 heterocycles. The minimum Gasteiger partial charge on any atom is -0.324 e. The molecule has 0 saturated heterocycles. The average Bonchev–Trinajstić information content (AvgIpc) is 2.57. The van der Waals surface area contributed by atoms with Crippen molar-refractivity contribution in [2.24, 2.45) is 0 Å². The molecule has 4 nitrogen and oxygen atoms in total. The lowest BCUT2D eigenvalue weighted by molar-refractivity contribution is -0.116. The van der Waals surface area contributed by atoms with E-state index in [-0.39, 0.29) is 11.8 Å². The van der Waals surface area contributed by atoms with Crippen LogP contribution in [0.15, 0.2) is 53.4 Å². The molecule has 0 spiro atoms. The Bertz CT molecular complexity index is 716. The highest BCUT2D eigenvalue weighted by atomic mass is 32.2. The summed E-state index contributed by atoms with van der Waals surface area (Å²) in [4.78, 5) is 25.4. The van der Waals surface area contributed by atoms with Crippen molar-refractivity contribution in [2.45, 2.75) is 31.6 Å². The van der Waals surface area contributed by atoms with Crippen LogP contribution in [0.5, 0.6) is 0 Å². The summed E-state index contributed by atoms with van der Waals surface area (Å²) in [7, 11) is 0. The van der Waals surface area contributed by atoms with Crippen LogP contribution >= 0.6 is 11.8 Å². The Labute approximate surface area is 147 Å². The van der Waals surface area contributed by atoms with Gasteiger partial charge in [0.15, 0.2) is 0 Å². The molecule has 2 aromatic rings. The number of thioether (sulfide) groups is 1. The van der Waals surface area contributed by atoms with Gasteiger partial charge in [0.2, 0.25) is 5.91 Å². The van der Waals surface area contributed by atoms with Crippen LogP contribution in [0.25, 0.3) is 0 Å².